The molecule has 5 heteroatoms. The molecule has 0 unspecified atom stereocenters. The van der Waals surface area contributed by atoms with Gasteiger partial charge in [-0.05, 0) is 32.9 Å². The van der Waals surface area contributed by atoms with Crippen LogP contribution in [0.2, 0.25) is 0 Å². The zero-order chi connectivity index (χ0) is 13.4. The number of hydrogen-bond acceptors (Lipinski definition) is 3. The van der Waals surface area contributed by atoms with Gasteiger partial charge in [0, 0.05) is 13.5 Å². The zero-order valence-electron chi connectivity index (χ0n) is 11.5. The van der Waals surface area contributed by atoms with Crippen molar-refractivity contribution in [1.82, 2.24) is 16.0 Å². The largest absolute Gasteiger partial charge is 0.354 e. The highest BCUT2D eigenvalue weighted by atomic mass is 16.2. The van der Waals surface area contributed by atoms with Crippen molar-refractivity contribution in [3.05, 3.63) is 0 Å². The van der Waals surface area contributed by atoms with Crippen LogP contribution in [0.5, 0.6) is 0 Å². The second kappa shape index (κ2) is 7.36. The van der Waals surface area contributed by atoms with Crippen LogP contribution in [-0.4, -0.2) is 37.5 Å². The van der Waals surface area contributed by atoms with Crippen LogP contribution in [0.4, 0.5) is 0 Å². The molecule has 0 bridgehead atoms. The van der Waals surface area contributed by atoms with Crippen molar-refractivity contribution in [2.45, 2.75) is 51.0 Å². The SMILES string of the molecule is CNCCCNC(=O)C1(NC(C)=O)CCCCC1. The smallest absolute Gasteiger partial charge is 0.245 e. The molecule has 0 heterocycles. The zero-order valence-corrected chi connectivity index (χ0v) is 11.5. The summed E-state index contributed by atoms with van der Waals surface area (Å²) in [6.45, 7) is 3.01. The molecule has 1 aliphatic rings. The number of nitrogens with one attached hydrogen (secondary N) is 3. The predicted molar refractivity (Wildman–Crippen MR) is 71.2 cm³/mol. The van der Waals surface area contributed by atoms with Crippen molar-refractivity contribution in [3.63, 3.8) is 0 Å². The van der Waals surface area contributed by atoms with E-state index in [2.05, 4.69) is 16.0 Å². The lowest BCUT2D eigenvalue weighted by Crippen LogP contribution is -2.59. The second-order valence-corrected chi connectivity index (χ2v) is 5.04. The molecule has 2 amide bonds. The lowest BCUT2D eigenvalue weighted by atomic mass is 9.80. The number of hydrogen-bond donors (Lipinski definition) is 3. The Balaban J connectivity index is 2.53. The first-order chi connectivity index (χ1) is 8.60. The fraction of sp³-hybridized carbons (Fsp3) is 0.846. The van der Waals surface area contributed by atoms with Gasteiger partial charge < -0.3 is 16.0 Å². The summed E-state index contributed by atoms with van der Waals surface area (Å²) in [7, 11) is 1.89. The fourth-order valence-electron chi connectivity index (χ4n) is 2.54. The maximum Gasteiger partial charge on any atom is 0.245 e. The molecule has 3 N–H and O–H groups in total. The van der Waals surface area contributed by atoms with E-state index in [1.807, 2.05) is 7.05 Å². The number of rotatable bonds is 6. The Kier molecular flexibility index (Phi) is 6.12. The Bertz CT molecular complexity index is 286. The van der Waals surface area contributed by atoms with Crippen LogP contribution in [0.3, 0.4) is 0 Å². The predicted octanol–water partition coefficient (Wildman–Crippen LogP) is 0.551. The van der Waals surface area contributed by atoms with E-state index in [-0.39, 0.29) is 11.8 Å². The molecule has 1 fully saturated rings. The quantitative estimate of drug-likeness (QED) is 0.607. The van der Waals surface area contributed by atoms with E-state index in [0.717, 1.165) is 45.1 Å². The van der Waals surface area contributed by atoms with E-state index in [1.165, 1.54) is 6.92 Å². The van der Waals surface area contributed by atoms with Crippen LogP contribution in [0.1, 0.15) is 45.4 Å². The van der Waals surface area contributed by atoms with E-state index in [4.69, 9.17) is 0 Å². The third kappa shape index (κ3) is 4.29. The van der Waals surface area contributed by atoms with Gasteiger partial charge in [0.25, 0.3) is 0 Å². The molecule has 0 radical (unpaired) electrons. The first-order valence-electron chi connectivity index (χ1n) is 6.82. The van der Waals surface area contributed by atoms with Crippen molar-refractivity contribution in [2.75, 3.05) is 20.1 Å². The minimum Gasteiger partial charge on any atom is -0.354 e. The van der Waals surface area contributed by atoms with E-state index in [0.29, 0.717) is 6.54 Å². The Morgan fingerprint density at radius 3 is 2.33 bits per heavy atom. The van der Waals surface area contributed by atoms with Gasteiger partial charge in [-0.2, -0.15) is 0 Å². The Morgan fingerprint density at radius 1 is 1.11 bits per heavy atom. The van der Waals surface area contributed by atoms with E-state index >= 15 is 0 Å². The molecule has 104 valence electrons. The maximum atomic E-state index is 12.3. The summed E-state index contributed by atoms with van der Waals surface area (Å²) >= 11 is 0. The minimum absolute atomic E-state index is 0.0199. The topological polar surface area (TPSA) is 70.2 Å². The van der Waals surface area contributed by atoms with Crippen molar-refractivity contribution in [2.24, 2.45) is 0 Å². The van der Waals surface area contributed by atoms with Crippen LogP contribution in [0.15, 0.2) is 0 Å². The number of carbonyl (C=O) groups is 2. The van der Waals surface area contributed by atoms with Crippen molar-refractivity contribution in [1.29, 1.82) is 0 Å². The molecule has 1 rings (SSSR count). The van der Waals surface area contributed by atoms with E-state index in [1.54, 1.807) is 0 Å². The van der Waals surface area contributed by atoms with Crippen molar-refractivity contribution < 1.29 is 9.59 Å². The van der Waals surface area contributed by atoms with Crippen LogP contribution >= 0.6 is 0 Å². The van der Waals surface area contributed by atoms with Gasteiger partial charge in [-0.15, -0.1) is 0 Å². The minimum atomic E-state index is -0.663. The first-order valence-corrected chi connectivity index (χ1v) is 6.82. The molecular weight excluding hydrogens is 230 g/mol. The molecule has 0 aromatic carbocycles. The molecule has 1 aliphatic carbocycles. The molecule has 0 aromatic rings. The van der Waals surface area contributed by atoms with Gasteiger partial charge in [0.15, 0.2) is 0 Å². The first kappa shape index (κ1) is 15.0. The van der Waals surface area contributed by atoms with Gasteiger partial charge in [0.05, 0.1) is 0 Å². The molecule has 0 atom stereocenters. The summed E-state index contributed by atoms with van der Waals surface area (Å²) in [6, 6.07) is 0. The molecule has 1 saturated carbocycles. The molecule has 0 aliphatic heterocycles. The van der Waals surface area contributed by atoms with Gasteiger partial charge in [-0.25, -0.2) is 0 Å². The molecule has 0 saturated heterocycles. The fourth-order valence-corrected chi connectivity index (χ4v) is 2.54. The average molecular weight is 255 g/mol. The van der Waals surface area contributed by atoms with Crippen molar-refractivity contribution >= 4 is 11.8 Å². The van der Waals surface area contributed by atoms with Crippen LogP contribution in [0, 0.1) is 0 Å². The van der Waals surface area contributed by atoms with Gasteiger partial charge >= 0.3 is 0 Å². The lowest BCUT2D eigenvalue weighted by molar-refractivity contribution is -0.134. The Labute approximate surface area is 109 Å². The van der Waals surface area contributed by atoms with Crippen LogP contribution < -0.4 is 16.0 Å². The monoisotopic (exact) mass is 255 g/mol. The Hall–Kier alpha value is -1.10. The second-order valence-electron chi connectivity index (χ2n) is 5.04. The summed E-state index contributed by atoms with van der Waals surface area (Å²) in [5, 5.41) is 8.85. The Morgan fingerprint density at radius 2 is 1.78 bits per heavy atom. The van der Waals surface area contributed by atoms with Gasteiger partial charge in [-0.1, -0.05) is 19.3 Å². The summed E-state index contributed by atoms with van der Waals surface area (Å²) in [4.78, 5) is 23.6. The summed E-state index contributed by atoms with van der Waals surface area (Å²) in [5.41, 5.74) is -0.663. The molecular formula is C13H25N3O2. The molecule has 0 spiro atoms. The highest BCUT2D eigenvalue weighted by Gasteiger charge is 2.39. The van der Waals surface area contributed by atoms with Crippen LogP contribution in [0.25, 0.3) is 0 Å². The normalized spacial score (nSPS) is 18.1. The summed E-state index contributed by atoms with van der Waals surface area (Å²) in [5.74, 6) is -0.143. The maximum absolute atomic E-state index is 12.3. The summed E-state index contributed by atoms with van der Waals surface area (Å²) in [6.07, 6.45) is 5.57. The number of amides is 2. The standard InChI is InChI=1S/C13H25N3O2/c1-11(17)16-13(7-4-3-5-8-13)12(18)15-10-6-9-14-2/h14H,3-10H2,1-2H3,(H,15,18)(H,16,17). The highest BCUT2D eigenvalue weighted by Crippen LogP contribution is 2.28. The third-order valence-corrected chi connectivity index (χ3v) is 3.45. The van der Waals surface area contributed by atoms with Gasteiger partial charge in [-0.3, -0.25) is 9.59 Å². The summed E-state index contributed by atoms with van der Waals surface area (Å²) < 4.78 is 0. The lowest BCUT2D eigenvalue weighted by Gasteiger charge is -2.36. The molecule has 18 heavy (non-hydrogen) atoms. The highest BCUT2D eigenvalue weighted by molar-refractivity contribution is 5.91. The van der Waals surface area contributed by atoms with Gasteiger partial charge in [0.2, 0.25) is 11.8 Å². The van der Waals surface area contributed by atoms with E-state index < -0.39 is 5.54 Å². The van der Waals surface area contributed by atoms with E-state index in [9.17, 15) is 9.59 Å². The third-order valence-electron chi connectivity index (χ3n) is 3.45. The number of carbonyl (C=O) groups excluding carboxylic acids is 2. The van der Waals surface area contributed by atoms with Gasteiger partial charge in [0.1, 0.15) is 5.54 Å². The molecule has 0 aromatic heterocycles. The average Bonchev–Trinajstić information content (AvgIpc) is 2.34. The van der Waals surface area contributed by atoms with Crippen molar-refractivity contribution in [3.8, 4) is 0 Å². The molecule has 5 nitrogen and oxygen atoms in total. The van der Waals surface area contributed by atoms with Crippen LogP contribution in [-0.2, 0) is 9.59 Å².